The number of hydrogen-bond donors (Lipinski definition) is 2. The predicted molar refractivity (Wildman–Crippen MR) is 68.2 cm³/mol. The molecule has 2 atom stereocenters. The van der Waals surface area contributed by atoms with Gasteiger partial charge in [-0.3, -0.25) is 4.79 Å². The number of aliphatic hydroxyl groups is 1. The second kappa shape index (κ2) is 5.40. The molecule has 0 aromatic heterocycles. The molecular formula is C14H19NO3. The molecule has 1 amide bonds. The summed E-state index contributed by atoms with van der Waals surface area (Å²) >= 11 is 0. The minimum Gasteiger partial charge on any atom is -0.508 e. The first-order valence-corrected chi connectivity index (χ1v) is 6.30. The molecule has 1 aliphatic rings. The number of benzene rings is 1. The van der Waals surface area contributed by atoms with Crippen LogP contribution in [0.15, 0.2) is 24.3 Å². The zero-order valence-corrected chi connectivity index (χ0v) is 10.5. The van der Waals surface area contributed by atoms with Crippen LogP contribution in [0, 0.1) is 5.92 Å². The highest BCUT2D eigenvalue weighted by Crippen LogP contribution is 2.20. The Morgan fingerprint density at radius 2 is 2.17 bits per heavy atom. The van der Waals surface area contributed by atoms with Crippen molar-refractivity contribution in [3.63, 3.8) is 0 Å². The number of likely N-dealkylation sites (tertiary alicyclic amines) is 1. The first-order chi connectivity index (χ1) is 8.58. The number of nitrogens with zero attached hydrogens (tertiary/aromatic N) is 1. The van der Waals surface area contributed by atoms with E-state index in [4.69, 9.17) is 0 Å². The first kappa shape index (κ1) is 12.9. The molecule has 2 rings (SSSR count). The van der Waals surface area contributed by atoms with Crippen LogP contribution in [0.5, 0.6) is 5.75 Å². The molecule has 0 radical (unpaired) electrons. The van der Waals surface area contributed by atoms with E-state index in [0.717, 1.165) is 0 Å². The summed E-state index contributed by atoms with van der Waals surface area (Å²) in [5, 5.41) is 19.3. The van der Waals surface area contributed by atoms with E-state index in [9.17, 15) is 15.0 Å². The van der Waals surface area contributed by atoms with Crippen LogP contribution in [0.25, 0.3) is 0 Å². The topological polar surface area (TPSA) is 60.8 Å². The maximum atomic E-state index is 12.1. The molecule has 0 saturated carbocycles. The number of amides is 1. The van der Waals surface area contributed by atoms with E-state index in [1.807, 2.05) is 13.0 Å². The van der Waals surface area contributed by atoms with Crippen LogP contribution in [0.2, 0.25) is 0 Å². The molecule has 18 heavy (non-hydrogen) atoms. The summed E-state index contributed by atoms with van der Waals surface area (Å²) in [5.74, 6) is 0.290. The zero-order valence-electron chi connectivity index (χ0n) is 10.5. The predicted octanol–water partition coefficient (Wildman–Crippen LogP) is 1.16. The van der Waals surface area contributed by atoms with Crippen molar-refractivity contribution in [2.75, 3.05) is 13.1 Å². The fraction of sp³-hybridized carbons (Fsp3) is 0.500. The van der Waals surface area contributed by atoms with E-state index in [1.54, 1.807) is 23.1 Å². The van der Waals surface area contributed by atoms with Crippen molar-refractivity contribution in [3.05, 3.63) is 29.8 Å². The monoisotopic (exact) mass is 249 g/mol. The van der Waals surface area contributed by atoms with Crippen LogP contribution >= 0.6 is 0 Å². The molecule has 1 aliphatic heterocycles. The van der Waals surface area contributed by atoms with Crippen LogP contribution in [-0.2, 0) is 11.2 Å². The van der Waals surface area contributed by atoms with Crippen LogP contribution in [0.1, 0.15) is 18.9 Å². The van der Waals surface area contributed by atoms with Crippen molar-refractivity contribution in [1.82, 2.24) is 4.90 Å². The van der Waals surface area contributed by atoms with Crippen LogP contribution in [0.4, 0.5) is 0 Å². The molecule has 98 valence electrons. The van der Waals surface area contributed by atoms with Crippen molar-refractivity contribution in [1.29, 1.82) is 0 Å². The summed E-state index contributed by atoms with van der Waals surface area (Å²) in [6, 6.07) is 6.90. The first-order valence-electron chi connectivity index (χ1n) is 6.30. The number of aliphatic hydroxyl groups excluding tert-OH is 1. The van der Waals surface area contributed by atoms with E-state index >= 15 is 0 Å². The number of phenols is 1. The third-order valence-electron chi connectivity index (χ3n) is 3.55. The maximum Gasteiger partial charge on any atom is 0.227 e. The Kier molecular flexibility index (Phi) is 3.87. The lowest BCUT2D eigenvalue weighted by atomic mass is 9.96. The summed E-state index contributed by atoms with van der Waals surface area (Å²) < 4.78 is 0. The molecule has 1 aromatic rings. The summed E-state index contributed by atoms with van der Waals surface area (Å²) in [5.41, 5.74) is 0.654. The van der Waals surface area contributed by atoms with Gasteiger partial charge in [0.25, 0.3) is 0 Å². The SMILES string of the molecule is CC1CN(C(=O)Cc2ccccc2O)CCC1O. The van der Waals surface area contributed by atoms with Crippen LogP contribution in [-0.4, -0.2) is 40.2 Å². The van der Waals surface area contributed by atoms with Crippen molar-refractivity contribution < 1.29 is 15.0 Å². The van der Waals surface area contributed by atoms with Crippen molar-refractivity contribution in [3.8, 4) is 5.75 Å². The molecule has 1 saturated heterocycles. The van der Waals surface area contributed by atoms with E-state index < -0.39 is 0 Å². The molecular weight excluding hydrogens is 230 g/mol. The standard InChI is InChI=1S/C14H19NO3/c1-10-9-15(7-6-12(10)16)14(18)8-11-4-2-3-5-13(11)17/h2-5,10,12,16-17H,6-9H2,1H3. The minimum atomic E-state index is -0.306. The average molecular weight is 249 g/mol. The number of carbonyl (C=O) groups excluding carboxylic acids is 1. The minimum absolute atomic E-state index is 0.00949. The number of phenolic OH excluding ortho intramolecular Hbond substituents is 1. The number of aromatic hydroxyl groups is 1. The van der Waals surface area contributed by atoms with Gasteiger partial charge in [-0.05, 0) is 18.4 Å². The van der Waals surface area contributed by atoms with Crippen molar-refractivity contribution in [2.45, 2.75) is 25.9 Å². The van der Waals surface area contributed by atoms with Crippen LogP contribution in [0.3, 0.4) is 0 Å². The van der Waals surface area contributed by atoms with Gasteiger partial charge in [0.2, 0.25) is 5.91 Å². The Bertz CT molecular complexity index is 433. The van der Waals surface area contributed by atoms with Gasteiger partial charge >= 0.3 is 0 Å². The molecule has 0 spiro atoms. The lowest BCUT2D eigenvalue weighted by Gasteiger charge is -2.34. The Hall–Kier alpha value is -1.55. The lowest BCUT2D eigenvalue weighted by Crippen LogP contribution is -2.45. The Morgan fingerprint density at radius 1 is 1.44 bits per heavy atom. The Morgan fingerprint density at radius 3 is 2.83 bits per heavy atom. The highest BCUT2D eigenvalue weighted by atomic mass is 16.3. The van der Waals surface area contributed by atoms with Gasteiger partial charge in [-0.1, -0.05) is 25.1 Å². The van der Waals surface area contributed by atoms with Crippen LogP contribution < -0.4 is 0 Å². The fourth-order valence-corrected chi connectivity index (χ4v) is 2.29. The van der Waals surface area contributed by atoms with E-state index in [1.165, 1.54) is 0 Å². The Labute approximate surface area is 107 Å². The van der Waals surface area contributed by atoms with Gasteiger partial charge in [0.05, 0.1) is 12.5 Å². The second-order valence-electron chi connectivity index (χ2n) is 4.98. The number of rotatable bonds is 2. The molecule has 0 bridgehead atoms. The molecule has 2 unspecified atom stereocenters. The summed E-state index contributed by atoms with van der Waals surface area (Å²) in [4.78, 5) is 13.9. The largest absolute Gasteiger partial charge is 0.508 e. The van der Waals surface area contributed by atoms with E-state index in [2.05, 4.69) is 0 Å². The van der Waals surface area contributed by atoms with Crippen molar-refractivity contribution >= 4 is 5.91 Å². The molecule has 1 aromatic carbocycles. The Balaban J connectivity index is 1.99. The third-order valence-corrected chi connectivity index (χ3v) is 3.55. The quantitative estimate of drug-likeness (QED) is 0.827. The van der Waals surface area contributed by atoms with Gasteiger partial charge < -0.3 is 15.1 Å². The highest BCUT2D eigenvalue weighted by Gasteiger charge is 2.27. The van der Waals surface area contributed by atoms with Gasteiger partial charge in [0.1, 0.15) is 5.75 Å². The molecule has 4 nitrogen and oxygen atoms in total. The molecule has 2 N–H and O–H groups in total. The molecule has 0 aliphatic carbocycles. The number of piperidine rings is 1. The van der Waals surface area contributed by atoms with Gasteiger partial charge in [-0.15, -0.1) is 0 Å². The number of carbonyl (C=O) groups is 1. The zero-order chi connectivity index (χ0) is 13.1. The smallest absolute Gasteiger partial charge is 0.227 e. The fourth-order valence-electron chi connectivity index (χ4n) is 2.29. The molecule has 1 heterocycles. The van der Waals surface area contributed by atoms with E-state index in [0.29, 0.717) is 25.1 Å². The van der Waals surface area contributed by atoms with Gasteiger partial charge in [-0.2, -0.15) is 0 Å². The summed E-state index contributed by atoms with van der Waals surface area (Å²) in [6.45, 7) is 3.13. The third kappa shape index (κ3) is 2.82. The van der Waals surface area contributed by atoms with Crippen molar-refractivity contribution in [2.24, 2.45) is 5.92 Å². The second-order valence-corrected chi connectivity index (χ2v) is 4.98. The number of hydrogen-bond acceptors (Lipinski definition) is 3. The lowest BCUT2D eigenvalue weighted by molar-refractivity contribution is -0.134. The van der Waals surface area contributed by atoms with Gasteiger partial charge in [0, 0.05) is 18.7 Å². The van der Waals surface area contributed by atoms with E-state index in [-0.39, 0.29) is 30.1 Å². The normalized spacial score (nSPS) is 24.0. The molecule has 1 fully saturated rings. The van der Waals surface area contributed by atoms with Gasteiger partial charge in [-0.25, -0.2) is 0 Å². The maximum absolute atomic E-state index is 12.1. The summed E-state index contributed by atoms with van der Waals surface area (Å²) in [6.07, 6.45) is 0.544. The number of para-hydroxylation sites is 1. The highest BCUT2D eigenvalue weighted by molar-refractivity contribution is 5.79. The average Bonchev–Trinajstić information content (AvgIpc) is 2.35. The molecule has 4 heteroatoms. The summed E-state index contributed by atoms with van der Waals surface area (Å²) in [7, 11) is 0. The van der Waals surface area contributed by atoms with Gasteiger partial charge in [0.15, 0.2) is 0 Å².